The summed E-state index contributed by atoms with van der Waals surface area (Å²) in [6.07, 6.45) is 0. The Bertz CT molecular complexity index is 616. The number of nitriles is 1. The zero-order chi connectivity index (χ0) is 18.3. The number of nitrogens with zero attached hydrogens (tertiary/aromatic N) is 1. The van der Waals surface area contributed by atoms with Crippen molar-refractivity contribution in [2.75, 3.05) is 28.4 Å². The number of carboxylic acids is 1. The normalized spacial score (nSPS) is 13.5. The second-order valence-corrected chi connectivity index (χ2v) is 4.76. The predicted molar refractivity (Wildman–Crippen MR) is 81.2 cm³/mol. The van der Waals surface area contributed by atoms with Gasteiger partial charge < -0.3 is 24.1 Å². The molecule has 0 aliphatic rings. The molecule has 130 valence electrons. The molecule has 0 saturated heterocycles. The lowest BCUT2D eigenvalue weighted by atomic mass is 9.79. The minimum Gasteiger partial charge on any atom is -0.497 e. The Morgan fingerprint density at radius 2 is 1.67 bits per heavy atom. The second-order valence-electron chi connectivity index (χ2n) is 4.76. The highest BCUT2D eigenvalue weighted by Crippen LogP contribution is 2.39. The molecule has 0 spiro atoms. The second kappa shape index (κ2) is 8.29. The summed E-state index contributed by atoms with van der Waals surface area (Å²) in [4.78, 5) is 23.8. The Morgan fingerprint density at radius 3 is 2.00 bits per heavy atom. The van der Waals surface area contributed by atoms with Crippen molar-refractivity contribution in [3.63, 3.8) is 0 Å². The van der Waals surface area contributed by atoms with Gasteiger partial charge in [-0.3, -0.25) is 4.79 Å². The molecule has 0 heterocycles. The van der Waals surface area contributed by atoms with Crippen LogP contribution < -0.4 is 4.74 Å². The minimum absolute atomic E-state index is 0.346. The summed E-state index contributed by atoms with van der Waals surface area (Å²) in [7, 11) is 4.94. The highest BCUT2D eigenvalue weighted by Gasteiger charge is 2.54. The Hall–Kier alpha value is -2.63. The first kappa shape index (κ1) is 19.4. The molecule has 2 atom stereocenters. The molecule has 0 fully saturated rings. The molecule has 1 aromatic rings. The van der Waals surface area contributed by atoms with Crippen molar-refractivity contribution in [1.82, 2.24) is 0 Å². The van der Waals surface area contributed by atoms with E-state index >= 15 is 0 Å². The van der Waals surface area contributed by atoms with Crippen molar-refractivity contribution < 1.29 is 33.6 Å². The molecule has 8 heteroatoms. The zero-order valence-electron chi connectivity index (χ0n) is 13.8. The van der Waals surface area contributed by atoms with E-state index in [4.69, 9.17) is 18.9 Å². The molecule has 0 aromatic heterocycles. The van der Waals surface area contributed by atoms with Gasteiger partial charge in [0.25, 0.3) is 5.79 Å². The third-order valence-electron chi connectivity index (χ3n) is 3.70. The first-order chi connectivity index (χ1) is 11.4. The Balaban J connectivity index is 3.59. The number of carboxylic acid groups (broad SMARTS) is 1. The molecule has 0 saturated carbocycles. The maximum Gasteiger partial charge on any atom is 0.367 e. The van der Waals surface area contributed by atoms with E-state index < -0.39 is 29.6 Å². The van der Waals surface area contributed by atoms with Gasteiger partial charge in [0.2, 0.25) is 0 Å². The van der Waals surface area contributed by atoms with Crippen LogP contribution in [0, 0.1) is 17.2 Å². The molecular formula is C16H19NO7. The molecule has 24 heavy (non-hydrogen) atoms. The SMILES string of the molecule is COC(=O)C(OC)(OC)[C@@H](c1ccc(OC)cc1)[C@H](C#N)C(=O)O. The van der Waals surface area contributed by atoms with Gasteiger partial charge in [-0.15, -0.1) is 0 Å². The van der Waals surface area contributed by atoms with E-state index in [9.17, 15) is 20.0 Å². The highest BCUT2D eigenvalue weighted by molar-refractivity contribution is 5.83. The lowest BCUT2D eigenvalue weighted by Gasteiger charge is -2.36. The summed E-state index contributed by atoms with van der Waals surface area (Å²) in [5.74, 6) is -6.82. The molecule has 0 bridgehead atoms. The lowest BCUT2D eigenvalue weighted by molar-refractivity contribution is -0.240. The van der Waals surface area contributed by atoms with Gasteiger partial charge in [-0.2, -0.15) is 5.26 Å². The lowest BCUT2D eigenvalue weighted by Crippen LogP contribution is -2.52. The van der Waals surface area contributed by atoms with Gasteiger partial charge in [0.1, 0.15) is 5.75 Å². The van der Waals surface area contributed by atoms with Gasteiger partial charge in [-0.05, 0) is 17.7 Å². The van der Waals surface area contributed by atoms with E-state index in [-0.39, 0.29) is 0 Å². The van der Waals surface area contributed by atoms with E-state index in [2.05, 4.69) is 0 Å². The number of aliphatic carboxylic acids is 1. The fraction of sp³-hybridized carbons (Fsp3) is 0.438. The fourth-order valence-corrected chi connectivity index (χ4v) is 2.49. The van der Waals surface area contributed by atoms with Crippen molar-refractivity contribution in [3.05, 3.63) is 29.8 Å². The van der Waals surface area contributed by atoms with Crippen molar-refractivity contribution >= 4 is 11.9 Å². The first-order valence-electron chi connectivity index (χ1n) is 6.86. The molecule has 1 aromatic carbocycles. The van der Waals surface area contributed by atoms with Gasteiger partial charge in [-0.25, -0.2) is 4.79 Å². The maximum absolute atomic E-state index is 12.3. The molecule has 1 rings (SSSR count). The van der Waals surface area contributed by atoms with Crippen LogP contribution in [0.25, 0.3) is 0 Å². The number of ether oxygens (including phenoxy) is 4. The smallest absolute Gasteiger partial charge is 0.367 e. The average molecular weight is 337 g/mol. The number of hydrogen-bond acceptors (Lipinski definition) is 7. The van der Waals surface area contributed by atoms with Gasteiger partial charge in [-0.1, -0.05) is 12.1 Å². The Morgan fingerprint density at radius 1 is 1.12 bits per heavy atom. The van der Waals surface area contributed by atoms with Gasteiger partial charge in [0, 0.05) is 14.2 Å². The number of rotatable bonds is 8. The van der Waals surface area contributed by atoms with Crippen LogP contribution in [0.5, 0.6) is 5.75 Å². The van der Waals surface area contributed by atoms with E-state index in [1.165, 1.54) is 33.5 Å². The fourth-order valence-electron chi connectivity index (χ4n) is 2.49. The summed E-state index contributed by atoms with van der Waals surface area (Å²) in [5, 5.41) is 18.7. The number of carbonyl (C=O) groups is 2. The first-order valence-corrected chi connectivity index (χ1v) is 6.86. The number of hydrogen-bond donors (Lipinski definition) is 1. The Labute approximate surface area is 139 Å². The summed E-state index contributed by atoms with van der Waals surface area (Å²) < 4.78 is 20.2. The van der Waals surface area contributed by atoms with Crippen LogP contribution in [-0.2, 0) is 23.8 Å². The highest BCUT2D eigenvalue weighted by atomic mass is 16.7. The molecule has 0 amide bonds. The summed E-state index contributed by atoms with van der Waals surface area (Å²) in [6, 6.07) is 7.90. The van der Waals surface area contributed by atoms with Crippen LogP contribution in [0.1, 0.15) is 11.5 Å². The van der Waals surface area contributed by atoms with E-state index in [1.807, 2.05) is 0 Å². The van der Waals surface area contributed by atoms with Crippen molar-refractivity contribution in [3.8, 4) is 11.8 Å². The molecule has 0 radical (unpaired) electrons. The zero-order valence-corrected chi connectivity index (χ0v) is 13.8. The molecule has 0 unspecified atom stereocenters. The van der Waals surface area contributed by atoms with Crippen LogP contribution in [0.15, 0.2) is 24.3 Å². The van der Waals surface area contributed by atoms with E-state index in [1.54, 1.807) is 18.2 Å². The van der Waals surface area contributed by atoms with Crippen LogP contribution >= 0.6 is 0 Å². The predicted octanol–water partition coefficient (Wildman–Crippen LogP) is 1.17. The summed E-state index contributed by atoms with van der Waals surface area (Å²) >= 11 is 0. The van der Waals surface area contributed by atoms with Crippen LogP contribution in [0.4, 0.5) is 0 Å². The van der Waals surface area contributed by atoms with Crippen molar-refractivity contribution in [1.29, 1.82) is 5.26 Å². The number of benzene rings is 1. The summed E-state index contributed by atoms with van der Waals surface area (Å²) in [6.45, 7) is 0. The molecular weight excluding hydrogens is 318 g/mol. The largest absolute Gasteiger partial charge is 0.497 e. The van der Waals surface area contributed by atoms with Gasteiger partial charge in [0.05, 0.1) is 26.2 Å². The summed E-state index contributed by atoms with van der Waals surface area (Å²) in [5.41, 5.74) is 0.346. The van der Waals surface area contributed by atoms with Crippen LogP contribution in [0.2, 0.25) is 0 Å². The van der Waals surface area contributed by atoms with Crippen molar-refractivity contribution in [2.45, 2.75) is 11.7 Å². The molecule has 0 aliphatic heterocycles. The average Bonchev–Trinajstić information content (AvgIpc) is 2.61. The number of esters is 1. The van der Waals surface area contributed by atoms with E-state index in [0.29, 0.717) is 11.3 Å². The van der Waals surface area contributed by atoms with Gasteiger partial charge in [0.15, 0.2) is 5.92 Å². The molecule has 0 aliphatic carbocycles. The third kappa shape index (κ3) is 3.48. The maximum atomic E-state index is 12.3. The monoisotopic (exact) mass is 337 g/mol. The topological polar surface area (TPSA) is 115 Å². The van der Waals surface area contributed by atoms with Crippen molar-refractivity contribution in [2.24, 2.45) is 5.92 Å². The quantitative estimate of drug-likeness (QED) is 0.555. The van der Waals surface area contributed by atoms with Crippen LogP contribution in [-0.4, -0.2) is 51.3 Å². The Kier molecular flexibility index (Phi) is 6.70. The molecule has 1 N–H and O–H groups in total. The third-order valence-corrected chi connectivity index (χ3v) is 3.70. The standard InChI is InChI=1S/C16H19NO7/c1-21-11-7-5-10(6-8-11)13(12(9-17)14(18)19)16(23-3,24-4)15(20)22-2/h5-8,12-13H,1-4H3,(H,18,19)/t12-,13-/m0/s1. The number of carbonyl (C=O) groups excluding carboxylic acids is 1. The van der Waals surface area contributed by atoms with E-state index in [0.717, 1.165) is 7.11 Å². The van der Waals surface area contributed by atoms with Gasteiger partial charge >= 0.3 is 11.9 Å². The molecule has 8 nitrogen and oxygen atoms in total. The number of methoxy groups -OCH3 is 4. The minimum atomic E-state index is -2.10. The van der Waals surface area contributed by atoms with Crippen LogP contribution in [0.3, 0.4) is 0 Å².